The molecule has 2 saturated carbocycles. The second-order valence-corrected chi connectivity index (χ2v) is 7.04. The van der Waals surface area contributed by atoms with Crippen molar-refractivity contribution in [3.63, 3.8) is 0 Å². The number of nitrogens with zero attached hydrogens (tertiary/aromatic N) is 1. The van der Waals surface area contributed by atoms with Crippen LogP contribution in [0.2, 0.25) is 0 Å². The number of ketones is 2. The number of benzene rings is 1. The second kappa shape index (κ2) is 3.94. The average molecular weight is 307 g/mol. The SMILES string of the molecule is O=C1CC23CC(=O)CC2(C1)c1cccnc1-c1ccc(F)cc13. The number of carbonyl (C=O) groups is 2. The molecule has 0 N–H and O–H groups in total. The van der Waals surface area contributed by atoms with Crippen LogP contribution in [0.15, 0.2) is 36.5 Å². The number of fused-ring (bicyclic) bond motifs is 3. The summed E-state index contributed by atoms with van der Waals surface area (Å²) in [5.41, 5.74) is 2.31. The molecule has 0 unspecified atom stereocenters. The van der Waals surface area contributed by atoms with Crippen molar-refractivity contribution in [3.05, 3.63) is 53.5 Å². The van der Waals surface area contributed by atoms with E-state index in [1.165, 1.54) is 12.1 Å². The van der Waals surface area contributed by atoms with E-state index in [0.717, 1.165) is 22.4 Å². The van der Waals surface area contributed by atoms with Gasteiger partial charge in [0.2, 0.25) is 0 Å². The smallest absolute Gasteiger partial charge is 0.134 e. The van der Waals surface area contributed by atoms with Gasteiger partial charge in [-0.05, 0) is 35.4 Å². The number of Topliss-reactive ketones (excluding diaryl/α,β-unsaturated/α-hetero) is 2. The standard InChI is InChI=1S/C19H14FNO2/c20-11-3-4-14-16(6-11)19-9-12(22)7-18(19,8-13(23)10-19)15-2-1-5-21-17(14)15/h1-6H,7-10H2. The zero-order valence-corrected chi connectivity index (χ0v) is 12.4. The van der Waals surface area contributed by atoms with Gasteiger partial charge in [0, 0.05) is 48.3 Å². The summed E-state index contributed by atoms with van der Waals surface area (Å²) in [6.45, 7) is 0. The maximum absolute atomic E-state index is 14.0. The van der Waals surface area contributed by atoms with Gasteiger partial charge in [-0.15, -0.1) is 0 Å². The third kappa shape index (κ3) is 1.38. The topological polar surface area (TPSA) is 47.0 Å². The lowest BCUT2D eigenvalue weighted by Gasteiger charge is -2.45. The first kappa shape index (κ1) is 13.1. The van der Waals surface area contributed by atoms with Crippen LogP contribution in [-0.4, -0.2) is 16.6 Å². The molecule has 0 atom stereocenters. The van der Waals surface area contributed by atoms with Crippen LogP contribution in [0.4, 0.5) is 4.39 Å². The van der Waals surface area contributed by atoms with Crippen molar-refractivity contribution in [1.29, 1.82) is 0 Å². The first-order valence-corrected chi connectivity index (χ1v) is 7.85. The summed E-state index contributed by atoms with van der Waals surface area (Å²) in [5.74, 6) is -0.0149. The van der Waals surface area contributed by atoms with Gasteiger partial charge >= 0.3 is 0 Å². The van der Waals surface area contributed by atoms with E-state index >= 15 is 0 Å². The molecule has 0 aliphatic heterocycles. The average Bonchev–Trinajstić information content (AvgIpc) is 2.95. The molecule has 3 nitrogen and oxygen atoms in total. The van der Waals surface area contributed by atoms with Crippen LogP contribution in [0.25, 0.3) is 11.3 Å². The van der Waals surface area contributed by atoms with Crippen LogP contribution in [0, 0.1) is 5.82 Å². The normalized spacial score (nSPS) is 30.7. The van der Waals surface area contributed by atoms with Gasteiger partial charge in [0.15, 0.2) is 0 Å². The molecule has 2 aromatic rings. The minimum atomic E-state index is -0.589. The van der Waals surface area contributed by atoms with Crippen molar-refractivity contribution >= 4 is 11.6 Å². The Morgan fingerprint density at radius 3 is 2.26 bits per heavy atom. The Labute approximate surface area is 132 Å². The Balaban J connectivity index is 1.96. The minimum absolute atomic E-state index is 0.157. The zero-order valence-electron chi connectivity index (χ0n) is 12.4. The van der Waals surface area contributed by atoms with E-state index in [1.54, 1.807) is 12.3 Å². The Morgan fingerprint density at radius 1 is 0.913 bits per heavy atom. The zero-order chi connectivity index (χ0) is 15.8. The maximum atomic E-state index is 14.0. The molecule has 5 rings (SSSR count). The summed E-state index contributed by atoms with van der Waals surface area (Å²) < 4.78 is 14.0. The van der Waals surface area contributed by atoms with E-state index in [4.69, 9.17) is 0 Å². The van der Waals surface area contributed by atoms with Crippen molar-refractivity contribution in [3.8, 4) is 11.3 Å². The molecule has 0 bridgehead atoms. The maximum Gasteiger partial charge on any atom is 0.134 e. The van der Waals surface area contributed by atoms with E-state index in [-0.39, 0.29) is 17.4 Å². The first-order valence-electron chi connectivity index (χ1n) is 7.85. The van der Waals surface area contributed by atoms with Gasteiger partial charge in [-0.3, -0.25) is 14.6 Å². The molecule has 1 aromatic carbocycles. The molecule has 0 radical (unpaired) electrons. The number of halogens is 1. The largest absolute Gasteiger partial charge is 0.300 e. The molecule has 4 heteroatoms. The molecule has 23 heavy (non-hydrogen) atoms. The third-order valence-corrected chi connectivity index (χ3v) is 5.99. The molecule has 2 fully saturated rings. The van der Waals surface area contributed by atoms with Crippen LogP contribution < -0.4 is 0 Å². The molecular formula is C19H14FNO2. The lowest BCUT2D eigenvalue weighted by atomic mass is 9.56. The number of rotatable bonds is 0. The highest BCUT2D eigenvalue weighted by molar-refractivity contribution is 5.98. The Kier molecular flexibility index (Phi) is 2.24. The third-order valence-electron chi connectivity index (χ3n) is 5.99. The van der Waals surface area contributed by atoms with Crippen molar-refractivity contribution in [2.75, 3.05) is 0 Å². The summed E-state index contributed by atoms with van der Waals surface area (Å²) in [6, 6.07) is 8.52. The Bertz CT molecular complexity index is 882. The number of carbonyl (C=O) groups excluding carboxylic acids is 2. The quantitative estimate of drug-likeness (QED) is 0.751. The fraction of sp³-hybridized carbons (Fsp3) is 0.316. The first-order chi connectivity index (χ1) is 11.1. The lowest BCUT2D eigenvalue weighted by molar-refractivity contribution is -0.120. The lowest BCUT2D eigenvalue weighted by Crippen LogP contribution is -2.43. The fourth-order valence-electron chi connectivity index (χ4n) is 5.29. The summed E-state index contributed by atoms with van der Waals surface area (Å²) in [5, 5.41) is 0. The second-order valence-electron chi connectivity index (χ2n) is 7.04. The highest BCUT2D eigenvalue weighted by Crippen LogP contribution is 2.67. The van der Waals surface area contributed by atoms with Gasteiger partial charge in [0.1, 0.15) is 17.4 Å². The van der Waals surface area contributed by atoms with Crippen LogP contribution in [0.1, 0.15) is 36.8 Å². The molecule has 1 aromatic heterocycles. The molecule has 3 aliphatic rings. The number of hydrogen-bond donors (Lipinski definition) is 0. The van der Waals surface area contributed by atoms with Gasteiger partial charge in [-0.25, -0.2) is 4.39 Å². The van der Waals surface area contributed by atoms with Crippen molar-refractivity contribution in [1.82, 2.24) is 4.98 Å². The summed E-state index contributed by atoms with van der Waals surface area (Å²) in [6.07, 6.45) is 3.07. The van der Waals surface area contributed by atoms with Gasteiger partial charge in [-0.2, -0.15) is 0 Å². The molecule has 114 valence electrons. The minimum Gasteiger partial charge on any atom is -0.300 e. The molecule has 0 spiro atoms. The summed E-state index contributed by atoms with van der Waals surface area (Å²) in [4.78, 5) is 29.3. The predicted octanol–water partition coefficient (Wildman–Crippen LogP) is 3.10. The fourth-order valence-corrected chi connectivity index (χ4v) is 5.29. The van der Waals surface area contributed by atoms with E-state index in [2.05, 4.69) is 4.98 Å². The summed E-state index contributed by atoms with van der Waals surface area (Å²) >= 11 is 0. The van der Waals surface area contributed by atoms with Crippen molar-refractivity contribution < 1.29 is 14.0 Å². The van der Waals surface area contributed by atoms with Gasteiger partial charge in [0.05, 0.1) is 5.69 Å². The van der Waals surface area contributed by atoms with E-state index in [1.807, 2.05) is 12.1 Å². The van der Waals surface area contributed by atoms with Gasteiger partial charge in [0.25, 0.3) is 0 Å². The van der Waals surface area contributed by atoms with Crippen molar-refractivity contribution in [2.24, 2.45) is 0 Å². The molecule has 0 saturated heterocycles. The van der Waals surface area contributed by atoms with Crippen LogP contribution in [-0.2, 0) is 20.4 Å². The number of pyridine rings is 1. The highest BCUT2D eigenvalue weighted by Gasteiger charge is 2.67. The molecule has 3 aliphatic carbocycles. The number of hydrogen-bond acceptors (Lipinski definition) is 3. The van der Waals surface area contributed by atoms with E-state index < -0.39 is 10.8 Å². The number of aromatic nitrogens is 1. The van der Waals surface area contributed by atoms with Crippen LogP contribution in [0.5, 0.6) is 0 Å². The Morgan fingerprint density at radius 2 is 1.57 bits per heavy atom. The molecule has 0 amide bonds. The predicted molar refractivity (Wildman–Crippen MR) is 81.5 cm³/mol. The van der Waals surface area contributed by atoms with E-state index in [0.29, 0.717) is 25.7 Å². The summed E-state index contributed by atoms with van der Waals surface area (Å²) in [7, 11) is 0. The molecule has 1 heterocycles. The van der Waals surface area contributed by atoms with E-state index in [9.17, 15) is 14.0 Å². The van der Waals surface area contributed by atoms with Crippen LogP contribution in [0.3, 0.4) is 0 Å². The van der Waals surface area contributed by atoms with Gasteiger partial charge < -0.3 is 0 Å². The molecular weight excluding hydrogens is 293 g/mol. The van der Waals surface area contributed by atoms with Crippen molar-refractivity contribution in [2.45, 2.75) is 36.5 Å². The highest BCUT2D eigenvalue weighted by atomic mass is 19.1. The monoisotopic (exact) mass is 307 g/mol. The van der Waals surface area contributed by atoms with Gasteiger partial charge in [-0.1, -0.05) is 6.07 Å². The van der Waals surface area contributed by atoms with Crippen LogP contribution >= 0.6 is 0 Å². The Hall–Kier alpha value is -2.36.